The molecular formula is C11H20N2O2. The lowest BCUT2D eigenvalue weighted by Gasteiger charge is -2.33. The topological polar surface area (TPSA) is 52.6 Å². The van der Waals surface area contributed by atoms with Crippen LogP contribution in [0.4, 0.5) is 0 Å². The third kappa shape index (κ3) is 2.32. The number of nitrogens with zero attached hydrogens (tertiary/aromatic N) is 1. The van der Waals surface area contributed by atoms with Gasteiger partial charge in [0.1, 0.15) is 5.54 Å². The van der Waals surface area contributed by atoms with Crippen molar-refractivity contribution in [2.75, 3.05) is 20.6 Å². The zero-order valence-electron chi connectivity index (χ0n) is 9.49. The Bertz CT molecular complexity index is 253. The molecule has 0 aliphatic heterocycles. The Morgan fingerprint density at radius 2 is 2.00 bits per heavy atom. The van der Waals surface area contributed by atoms with Gasteiger partial charge in [-0.05, 0) is 45.7 Å². The summed E-state index contributed by atoms with van der Waals surface area (Å²) in [5.74, 6) is -0.344. The van der Waals surface area contributed by atoms with Crippen LogP contribution in [0.3, 0.4) is 0 Å². The number of hydrogen-bond donors (Lipinski definition) is 2. The maximum Gasteiger partial charge on any atom is 0.325 e. The first-order valence-corrected chi connectivity index (χ1v) is 5.70. The molecule has 15 heavy (non-hydrogen) atoms. The van der Waals surface area contributed by atoms with Crippen molar-refractivity contribution in [1.82, 2.24) is 10.2 Å². The van der Waals surface area contributed by atoms with Gasteiger partial charge in [-0.15, -0.1) is 0 Å². The third-order valence-corrected chi connectivity index (χ3v) is 3.26. The highest BCUT2D eigenvalue weighted by Crippen LogP contribution is 2.42. The van der Waals surface area contributed by atoms with E-state index in [-0.39, 0.29) is 0 Å². The summed E-state index contributed by atoms with van der Waals surface area (Å²) in [7, 11) is 3.88. The minimum absolute atomic E-state index is 0.331. The molecule has 0 amide bonds. The van der Waals surface area contributed by atoms with E-state index in [2.05, 4.69) is 5.32 Å². The molecule has 0 aromatic heterocycles. The second-order valence-corrected chi connectivity index (χ2v) is 5.21. The summed E-state index contributed by atoms with van der Waals surface area (Å²) in [6.45, 7) is 0.601. The maximum absolute atomic E-state index is 11.5. The highest BCUT2D eigenvalue weighted by molar-refractivity contribution is 5.80. The summed E-state index contributed by atoms with van der Waals surface area (Å²) >= 11 is 0. The van der Waals surface area contributed by atoms with Crippen molar-refractivity contribution in [2.45, 2.75) is 37.3 Å². The lowest BCUT2D eigenvalue weighted by molar-refractivity contribution is -0.146. The second-order valence-electron chi connectivity index (χ2n) is 5.21. The van der Waals surface area contributed by atoms with Crippen LogP contribution in [0.25, 0.3) is 0 Å². The Labute approximate surface area is 90.6 Å². The summed E-state index contributed by atoms with van der Waals surface area (Å²) in [6, 6.07) is 0.446. The molecule has 2 aliphatic carbocycles. The summed E-state index contributed by atoms with van der Waals surface area (Å²) < 4.78 is 0. The molecule has 2 rings (SSSR count). The van der Waals surface area contributed by atoms with Crippen LogP contribution in [0.2, 0.25) is 0 Å². The lowest BCUT2D eigenvalue weighted by Crippen LogP contribution is -2.60. The molecule has 2 aliphatic rings. The van der Waals surface area contributed by atoms with E-state index < -0.39 is 11.5 Å². The van der Waals surface area contributed by atoms with Crippen LogP contribution in [-0.4, -0.2) is 48.2 Å². The van der Waals surface area contributed by atoms with Crippen molar-refractivity contribution in [3.63, 3.8) is 0 Å². The van der Waals surface area contributed by atoms with Gasteiger partial charge in [0.15, 0.2) is 0 Å². The van der Waals surface area contributed by atoms with Gasteiger partial charge in [-0.25, -0.2) is 0 Å². The monoisotopic (exact) mass is 212 g/mol. The largest absolute Gasteiger partial charge is 0.480 e. The van der Waals surface area contributed by atoms with Crippen molar-refractivity contribution in [2.24, 2.45) is 5.92 Å². The molecule has 0 aromatic rings. The summed E-state index contributed by atoms with van der Waals surface area (Å²) in [4.78, 5) is 13.5. The molecule has 4 heteroatoms. The Morgan fingerprint density at radius 3 is 2.33 bits per heavy atom. The normalized spacial score (nSPS) is 25.3. The van der Waals surface area contributed by atoms with E-state index in [1.165, 1.54) is 0 Å². The smallest absolute Gasteiger partial charge is 0.325 e. The van der Waals surface area contributed by atoms with E-state index in [4.69, 9.17) is 0 Å². The fraction of sp³-hybridized carbons (Fsp3) is 0.909. The quantitative estimate of drug-likeness (QED) is 0.674. The van der Waals surface area contributed by atoms with E-state index >= 15 is 0 Å². The molecule has 2 N–H and O–H groups in total. The molecule has 2 saturated carbocycles. The van der Waals surface area contributed by atoms with Gasteiger partial charge in [-0.2, -0.15) is 0 Å². The number of carbonyl (C=O) groups is 1. The highest BCUT2D eigenvalue weighted by Gasteiger charge is 2.53. The van der Waals surface area contributed by atoms with Crippen LogP contribution in [0, 0.1) is 5.92 Å². The highest BCUT2D eigenvalue weighted by atomic mass is 16.4. The number of carboxylic acid groups (broad SMARTS) is 1. The number of carboxylic acids is 1. The molecule has 0 radical (unpaired) electrons. The van der Waals surface area contributed by atoms with Crippen LogP contribution < -0.4 is 5.32 Å². The molecule has 0 saturated heterocycles. The van der Waals surface area contributed by atoms with Gasteiger partial charge in [0, 0.05) is 12.6 Å². The first-order chi connectivity index (χ1) is 7.04. The molecular weight excluding hydrogens is 192 g/mol. The number of hydrogen-bond acceptors (Lipinski definition) is 3. The number of likely N-dealkylation sites (N-methyl/N-ethyl adjacent to an activating group) is 1. The SMILES string of the molecule is CN(C)CC(NC1CC1)(C(=O)O)C1CC1. The standard InChI is InChI=1S/C11H20N2O2/c1-13(2)7-11(10(14)15,8-3-4-8)12-9-5-6-9/h8-9,12H,3-7H2,1-2H3,(H,14,15). The Morgan fingerprint density at radius 1 is 1.40 bits per heavy atom. The van der Waals surface area contributed by atoms with Gasteiger partial charge in [0.05, 0.1) is 0 Å². The van der Waals surface area contributed by atoms with Crippen molar-refractivity contribution < 1.29 is 9.90 Å². The lowest BCUT2D eigenvalue weighted by atomic mass is 9.92. The Hall–Kier alpha value is -0.610. The third-order valence-electron chi connectivity index (χ3n) is 3.26. The van der Waals surface area contributed by atoms with E-state index in [9.17, 15) is 9.90 Å². The van der Waals surface area contributed by atoms with Crippen molar-refractivity contribution in [1.29, 1.82) is 0 Å². The van der Waals surface area contributed by atoms with Crippen LogP contribution in [0.15, 0.2) is 0 Å². The molecule has 0 aromatic carbocycles. The zero-order valence-corrected chi connectivity index (χ0v) is 9.49. The summed E-state index contributed by atoms with van der Waals surface area (Å²) in [5.41, 5.74) is -0.690. The molecule has 86 valence electrons. The van der Waals surface area contributed by atoms with Crippen molar-refractivity contribution in [3.05, 3.63) is 0 Å². The minimum atomic E-state index is -0.690. The van der Waals surface area contributed by atoms with Crippen LogP contribution in [-0.2, 0) is 4.79 Å². The summed E-state index contributed by atoms with van der Waals surface area (Å²) in [6.07, 6.45) is 4.38. The molecule has 0 bridgehead atoms. The molecule has 1 atom stereocenters. The average Bonchev–Trinajstić information content (AvgIpc) is 2.97. The van der Waals surface area contributed by atoms with Gasteiger partial charge in [0.25, 0.3) is 0 Å². The van der Waals surface area contributed by atoms with Crippen molar-refractivity contribution in [3.8, 4) is 0 Å². The number of aliphatic carboxylic acids is 1. The molecule has 0 spiro atoms. The van der Waals surface area contributed by atoms with Crippen LogP contribution in [0.5, 0.6) is 0 Å². The fourth-order valence-corrected chi connectivity index (χ4v) is 2.26. The fourth-order valence-electron chi connectivity index (χ4n) is 2.26. The molecule has 4 nitrogen and oxygen atoms in total. The first kappa shape index (κ1) is 10.9. The first-order valence-electron chi connectivity index (χ1n) is 5.70. The van der Waals surface area contributed by atoms with Gasteiger partial charge in [-0.3, -0.25) is 10.1 Å². The molecule has 0 heterocycles. The van der Waals surface area contributed by atoms with Gasteiger partial charge in [0.2, 0.25) is 0 Å². The summed E-state index contributed by atoms with van der Waals surface area (Å²) in [5, 5.41) is 12.8. The van der Waals surface area contributed by atoms with Gasteiger partial charge in [-0.1, -0.05) is 0 Å². The van der Waals surface area contributed by atoms with Gasteiger partial charge < -0.3 is 10.0 Å². The van der Waals surface area contributed by atoms with E-state index in [1.807, 2.05) is 19.0 Å². The average molecular weight is 212 g/mol. The molecule has 2 fully saturated rings. The zero-order chi connectivity index (χ0) is 11.1. The minimum Gasteiger partial charge on any atom is -0.480 e. The Kier molecular flexibility index (Phi) is 2.73. The van der Waals surface area contributed by atoms with Crippen molar-refractivity contribution >= 4 is 5.97 Å². The number of nitrogens with one attached hydrogen (secondary N) is 1. The van der Waals surface area contributed by atoms with Crippen LogP contribution >= 0.6 is 0 Å². The Balaban J connectivity index is 2.11. The number of rotatable bonds is 6. The van der Waals surface area contributed by atoms with E-state index in [1.54, 1.807) is 0 Å². The maximum atomic E-state index is 11.5. The van der Waals surface area contributed by atoms with Gasteiger partial charge >= 0.3 is 5.97 Å². The predicted molar refractivity (Wildman–Crippen MR) is 57.8 cm³/mol. The van der Waals surface area contributed by atoms with E-state index in [0.717, 1.165) is 25.7 Å². The van der Waals surface area contributed by atoms with Crippen LogP contribution in [0.1, 0.15) is 25.7 Å². The second kappa shape index (κ2) is 3.76. The predicted octanol–water partition coefficient (Wildman–Crippen LogP) is 0.533. The van der Waals surface area contributed by atoms with E-state index in [0.29, 0.717) is 18.5 Å². The molecule has 1 unspecified atom stereocenters.